The van der Waals surface area contributed by atoms with Crippen LogP contribution in [0.4, 0.5) is 11.5 Å². The lowest BCUT2D eigenvalue weighted by Crippen LogP contribution is -2.42. The van der Waals surface area contributed by atoms with Gasteiger partial charge in [-0.2, -0.15) is 0 Å². The quantitative estimate of drug-likeness (QED) is 0.682. The van der Waals surface area contributed by atoms with Gasteiger partial charge in [0.25, 0.3) is 0 Å². The third-order valence-electron chi connectivity index (χ3n) is 5.45. The lowest BCUT2D eigenvalue weighted by molar-refractivity contribution is -0.147. The molecule has 0 atom stereocenters. The molecular formula is C21H22N4O3. The van der Waals surface area contributed by atoms with Gasteiger partial charge in [-0.3, -0.25) is 4.79 Å². The Labute approximate surface area is 162 Å². The SMILES string of the molecule is Cc1nc(Nc2ccc(C3(C(=O)O)CCC3)cc2)cc(-c2c(C)noc2C)n1. The summed E-state index contributed by atoms with van der Waals surface area (Å²) in [6, 6.07) is 9.42. The van der Waals surface area contributed by atoms with Gasteiger partial charge >= 0.3 is 5.97 Å². The van der Waals surface area contributed by atoms with Crippen molar-refractivity contribution in [1.82, 2.24) is 15.1 Å². The van der Waals surface area contributed by atoms with E-state index in [4.69, 9.17) is 4.52 Å². The number of rotatable bonds is 5. The molecule has 0 aliphatic heterocycles. The Bertz CT molecular complexity index is 1020. The minimum atomic E-state index is -0.741. The van der Waals surface area contributed by atoms with Crippen LogP contribution in [0.3, 0.4) is 0 Å². The highest BCUT2D eigenvalue weighted by Crippen LogP contribution is 2.44. The number of benzene rings is 1. The Hall–Kier alpha value is -3.22. The van der Waals surface area contributed by atoms with Crippen LogP contribution in [-0.2, 0) is 10.2 Å². The van der Waals surface area contributed by atoms with Crippen LogP contribution in [-0.4, -0.2) is 26.2 Å². The summed E-state index contributed by atoms with van der Waals surface area (Å²) in [5, 5.41) is 16.9. The Kier molecular flexibility index (Phi) is 4.37. The Balaban J connectivity index is 1.61. The van der Waals surface area contributed by atoms with Crippen molar-refractivity contribution in [1.29, 1.82) is 0 Å². The summed E-state index contributed by atoms with van der Waals surface area (Å²) in [6.07, 6.45) is 2.35. The molecular weight excluding hydrogens is 356 g/mol. The van der Waals surface area contributed by atoms with Gasteiger partial charge in [0.2, 0.25) is 0 Å². The average molecular weight is 378 g/mol. The molecule has 2 aromatic heterocycles. The van der Waals surface area contributed by atoms with Crippen molar-refractivity contribution < 1.29 is 14.4 Å². The zero-order valence-electron chi connectivity index (χ0n) is 16.1. The molecule has 7 heteroatoms. The zero-order valence-corrected chi connectivity index (χ0v) is 16.1. The second-order valence-corrected chi connectivity index (χ2v) is 7.33. The number of aliphatic carboxylic acids is 1. The summed E-state index contributed by atoms with van der Waals surface area (Å²) >= 11 is 0. The number of carboxylic acid groups (broad SMARTS) is 1. The highest BCUT2D eigenvalue weighted by molar-refractivity contribution is 5.83. The lowest BCUT2D eigenvalue weighted by atomic mass is 9.64. The minimum Gasteiger partial charge on any atom is -0.481 e. The molecule has 1 aliphatic rings. The zero-order chi connectivity index (χ0) is 19.9. The summed E-state index contributed by atoms with van der Waals surface area (Å²) < 4.78 is 5.25. The maximum absolute atomic E-state index is 11.7. The third kappa shape index (κ3) is 3.02. The summed E-state index contributed by atoms with van der Waals surface area (Å²) in [7, 11) is 0. The van der Waals surface area contributed by atoms with Crippen molar-refractivity contribution >= 4 is 17.5 Å². The lowest BCUT2D eigenvalue weighted by Gasteiger charge is -2.38. The van der Waals surface area contributed by atoms with E-state index in [2.05, 4.69) is 20.4 Å². The van der Waals surface area contributed by atoms with Crippen LogP contribution in [0.5, 0.6) is 0 Å². The molecule has 0 unspecified atom stereocenters. The van der Waals surface area contributed by atoms with E-state index in [1.54, 1.807) is 0 Å². The monoisotopic (exact) mass is 378 g/mol. The van der Waals surface area contributed by atoms with Crippen LogP contribution in [0.1, 0.15) is 42.1 Å². The van der Waals surface area contributed by atoms with Gasteiger partial charge in [0.05, 0.1) is 22.4 Å². The van der Waals surface area contributed by atoms with Crippen LogP contribution in [0.15, 0.2) is 34.9 Å². The summed E-state index contributed by atoms with van der Waals surface area (Å²) in [4.78, 5) is 20.6. The van der Waals surface area contributed by atoms with E-state index < -0.39 is 11.4 Å². The second kappa shape index (κ2) is 6.74. The van der Waals surface area contributed by atoms with E-state index in [1.807, 2.05) is 51.1 Å². The number of nitrogens with one attached hydrogen (secondary N) is 1. The minimum absolute atomic E-state index is 0.635. The van der Waals surface area contributed by atoms with Crippen molar-refractivity contribution in [2.75, 3.05) is 5.32 Å². The van der Waals surface area contributed by atoms with Gasteiger partial charge in [-0.05, 0) is 51.3 Å². The second-order valence-electron chi connectivity index (χ2n) is 7.33. The van der Waals surface area contributed by atoms with Crippen molar-refractivity contribution in [3.05, 3.63) is 53.2 Å². The van der Waals surface area contributed by atoms with Gasteiger partial charge in [0, 0.05) is 11.8 Å². The first kappa shape index (κ1) is 18.2. The number of carboxylic acids is 1. The van der Waals surface area contributed by atoms with E-state index in [9.17, 15) is 9.90 Å². The van der Waals surface area contributed by atoms with Gasteiger partial charge in [0.15, 0.2) is 0 Å². The smallest absolute Gasteiger partial charge is 0.314 e. The first-order valence-corrected chi connectivity index (χ1v) is 9.29. The van der Waals surface area contributed by atoms with Gasteiger partial charge in [-0.25, -0.2) is 9.97 Å². The van der Waals surface area contributed by atoms with Crippen molar-refractivity contribution in [2.24, 2.45) is 0 Å². The summed E-state index contributed by atoms with van der Waals surface area (Å²) in [5.74, 6) is 1.27. The molecule has 0 radical (unpaired) electrons. The summed E-state index contributed by atoms with van der Waals surface area (Å²) in [6.45, 7) is 5.58. The van der Waals surface area contributed by atoms with Gasteiger partial charge in [0.1, 0.15) is 17.4 Å². The van der Waals surface area contributed by atoms with Gasteiger partial charge in [-0.15, -0.1) is 0 Å². The predicted molar refractivity (Wildman–Crippen MR) is 105 cm³/mol. The number of anilines is 2. The molecule has 0 spiro atoms. The van der Waals surface area contributed by atoms with E-state index in [0.717, 1.165) is 34.6 Å². The Morgan fingerprint density at radius 1 is 1.14 bits per heavy atom. The molecule has 28 heavy (non-hydrogen) atoms. The Morgan fingerprint density at radius 3 is 2.39 bits per heavy atom. The first-order valence-electron chi connectivity index (χ1n) is 9.29. The molecule has 2 heterocycles. The topological polar surface area (TPSA) is 101 Å². The molecule has 4 rings (SSSR count). The van der Waals surface area contributed by atoms with E-state index >= 15 is 0 Å². The summed E-state index contributed by atoms with van der Waals surface area (Å²) in [5.41, 5.74) is 3.38. The molecule has 1 saturated carbocycles. The van der Waals surface area contributed by atoms with E-state index in [-0.39, 0.29) is 0 Å². The number of nitrogens with zero attached hydrogens (tertiary/aromatic N) is 3. The highest BCUT2D eigenvalue weighted by atomic mass is 16.5. The third-order valence-corrected chi connectivity index (χ3v) is 5.45. The maximum Gasteiger partial charge on any atom is 0.314 e. The molecule has 0 amide bonds. The van der Waals surface area contributed by atoms with Crippen LogP contribution >= 0.6 is 0 Å². The van der Waals surface area contributed by atoms with E-state index in [0.29, 0.717) is 30.2 Å². The fourth-order valence-electron chi connectivity index (χ4n) is 3.79. The van der Waals surface area contributed by atoms with Gasteiger partial charge in [-0.1, -0.05) is 23.7 Å². The van der Waals surface area contributed by atoms with Crippen molar-refractivity contribution in [2.45, 2.75) is 45.4 Å². The Morgan fingerprint density at radius 2 is 1.86 bits per heavy atom. The molecule has 1 aromatic carbocycles. The molecule has 1 aliphatic carbocycles. The van der Waals surface area contributed by atoms with Crippen LogP contribution in [0.2, 0.25) is 0 Å². The fraction of sp³-hybridized carbons (Fsp3) is 0.333. The number of aromatic nitrogens is 3. The largest absolute Gasteiger partial charge is 0.481 e. The molecule has 2 N–H and O–H groups in total. The van der Waals surface area contributed by atoms with Crippen molar-refractivity contribution in [3.63, 3.8) is 0 Å². The van der Waals surface area contributed by atoms with Crippen LogP contribution < -0.4 is 5.32 Å². The number of carbonyl (C=O) groups is 1. The van der Waals surface area contributed by atoms with Crippen molar-refractivity contribution in [3.8, 4) is 11.3 Å². The van der Waals surface area contributed by atoms with Crippen LogP contribution in [0, 0.1) is 20.8 Å². The maximum atomic E-state index is 11.7. The first-order chi connectivity index (χ1) is 13.4. The molecule has 7 nitrogen and oxygen atoms in total. The normalized spacial score (nSPS) is 15.1. The number of hydrogen-bond donors (Lipinski definition) is 2. The van der Waals surface area contributed by atoms with E-state index in [1.165, 1.54) is 0 Å². The molecule has 0 bridgehead atoms. The average Bonchev–Trinajstić information content (AvgIpc) is 2.93. The number of hydrogen-bond acceptors (Lipinski definition) is 6. The van der Waals surface area contributed by atoms with Gasteiger partial charge < -0.3 is 14.9 Å². The number of aryl methyl sites for hydroxylation is 3. The molecule has 1 fully saturated rings. The standard InChI is InChI=1S/C21H22N4O3/c1-12-19(13(2)28-25-12)17-11-18(23-14(3)22-17)24-16-7-5-15(6-8-16)21(20(26)27)9-4-10-21/h5-8,11H,4,9-10H2,1-3H3,(H,26,27)(H,22,23,24). The molecule has 0 saturated heterocycles. The molecule has 144 valence electrons. The predicted octanol–water partition coefficient (Wildman–Crippen LogP) is 4.31. The van der Waals surface area contributed by atoms with Crippen LogP contribution in [0.25, 0.3) is 11.3 Å². The fourth-order valence-corrected chi connectivity index (χ4v) is 3.79. The molecule has 3 aromatic rings. The highest BCUT2D eigenvalue weighted by Gasteiger charge is 2.45.